The smallest absolute Gasteiger partial charge is 0.326 e. The molecule has 1 saturated heterocycles. The van der Waals surface area contributed by atoms with Crippen molar-refractivity contribution in [2.75, 3.05) is 6.54 Å². The number of aromatic hydroxyl groups is 1. The van der Waals surface area contributed by atoms with Crippen molar-refractivity contribution in [1.29, 1.82) is 0 Å². The highest BCUT2D eigenvalue weighted by molar-refractivity contribution is 5.96. The second-order valence-electron chi connectivity index (χ2n) is 8.40. The van der Waals surface area contributed by atoms with E-state index in [1.165, 1.54) is 17.0 Å². The first-order valence-corrected chi connectivity index (χ1v) is 11.1. The standard InChI is InChI=1S/C22H29N5O9/c23-13(8-11-3-5-12(28)6-4-11)21(34)27-7-1-2-16(27)20(33)25-14(9-17(24)29)19(32)26-15(22(35)36)10-18(30)31/h3-6,13-16,28H,1-2,7-10,23H2,(H2,24,29)(H,25,33)(H,26,32)(H,30,31)(H,35,36). The van der Waals surface area contributed by atoms with E-state index in [2.05, 4.69) is 5.32 Å². The Morgan fingerprint density at radius 1 is 1.00 bits per heavy atom. The van der Waals surface area contributed by atoms with Crippen LogP contribution in [0.2, 0.25) is 0 Å². The molecule has 4 atom stereocenters. The molecule has 1 heterocycles. The predicted octanol–water partition coefficient (Wildman–Crippen LogP) is -2.34. The molecule has 0 aromatic heterocycles. The molecule has 9 N–H and O–H groups in total. The molecule has 1 aromatic rings. The largest absolute Gasteiger partial charge is 0.508 e. The minimum atomic E-state index is -1.80. The van der Waals surface area contributed by atoms with E-state index in [0.717, 1.165) is 0 Å². The Labute approximate surface area is 205 Å². The highest BCUT2D eigenvalue weighted by atomic mass is 16.4. The summed E-state index contributed by atoms with van der Waals surface area (Å²) >= 11 is 0. The quantitative estimate of drug-likeness (QED) is 0.159. The van der Waals surface area contributed by atoms with E-state index in [1.807, 2.05) is 5.32 Å². The third-order valence-electron chi connectivity index (χ3n) is 5.58. The molecule has 36 heavy (non-hydrogen) atoms. The molecule has 0 spiro atoms. The molecule has 4 amide bonds. The van der Waals surface area contributed by atoms with Crippen LogP contribution in [0.15, 0.2) is 24.3 Å². The summed E-state index contributed by atoms with van der Waals surface area (Å²) in [6.45, 7) is 0.229. The van der Waals surface area contributed by atoms with E-state index in [9.17, 15) is 33.9 Å². The number of aliphatic carboxylic acids is 2. The van der Waals surface area contributed by atoms with Gasteiger partial charge in [-0.25, -0.2) is 4.79 Å². The van der Waals surface area contributed by atoms with Crippen molar-refractivity contribution in [3.63, 3.8) is 0 Å². The van der Waals surface area contributed by atoms with Crippen molar-refractivity contribution < 1.29 is 44.1 Å². The third-order valence-corrected chi connectivity index (χ3v) is 5.58. The van der Waals surface area contributed by atoms with Gasteiger partial charge in [0.25, 0.3) is 0 Å². The first kappa shape index (κ1) is 28.0. The molecule has 2 rings (SSSR count). The molecule has 0 aliphatic carbocycles. The number of phenolic OH excluding ortho intramolecular Hbond substituents is 1. The van der Waals surface area contributed by atoms with Crippen LogP contribution >= 0.6 is 0 Å². The van der Waals surface area contributed by atoms with Gasteiger partial charge in [-0.1, -0.05) is 12.1 Å². The van der Waals surface area contributed by atoms with Gasteiger partial charge in [-0.2, -0.15) is 0 Å². The summed E-state index contributed by atoms with van der Waals surface area (Å²) < 4.78 is 0. The van der Waals surface area contributed by atoms with E-state index in [-0.39, 0.29) is 25.1 Å². The van der Waals surface area contributed by atoms with Crippen LogP contribution in [0, 0.1) is 0 Å². The highest BCUT2D eigenvalue weighted by Crippen LogP contribution is 2.20. The van der Waals surface area contributed by atoms with Crippen molar-refractivity contribution in [3.8, 4) is 5.75 Å². The fourth-order valence-electron chi connectivity index (χ4n) is 3.81. The molecular formula is C22H29N5O9. The minimum Gasteiger partial charge on any atom is -0.508 e. The summed E-state index contributed by atoms with van der Waals surface area (Å²) in [5.74, 6) is -6.42. The number of amides is 4. The van der Waals surface area contributed by atoms with Gasteiger partial charge in [0.2, 0.25) is 23.6 Å². The lowest BCUT2D eigenvalue weighted by Gasteiger charge is -2.28. The number of carbonyl (C=O) groups is 6. The Morgan fingerprint density at radius 2 is 1.64 bits per heavy atom. The highest BCUT2D eigenvalue weighted by Gasteiger charge is 2.38. The first-order chi connectivity index (χ1) is 16.9. The van der Waals surface area contributed by atoms with E-state index in [0.29, 0.717) is 12.0 Å². The maximum atomic E-state index is 13.0. The van der Waals surface area contributed by atoms with Crippen LogP contribution in [-0.4, -0.2) is 86.5 Å². The van der Waals surface area contributed by atoms with Gasteiger partial charge in [0, 0.05) is 6.54 Å². The Morgan fingerprint density at radius 3 is 2.19 bits per heavy atom. The molecule has 0 radical (unpaired) electrons. The number of phenols is 1. The number of hydrogen-bond acceptors (Lipinski definition) is 8. The summed E-state index contributed by atoms with van der Waals surface area (Å²) in [6.07, 6.45) is -0.732. The van der Waals surface area contributed by atoms with Gasteiger partial charge in [0.15, 0.2) is 0 Å². The van der Waals surface area contributed by atoms with E-state index < -0.39 is 72.6 Å². The lowest BCUT2D eigenvalue weighted by atomic mass is 10.0. The molecule has 1 aliphatic rings. The average molecular weight is 508 g/mol. The van der Waals surface area contributed by atoms with Gasteiger partial charge in [-0.3, -0.25) is 24.0 Å². The number of carboxylic acid groups (broad SMARTS) is 2. The van der Waals surface area contributed by atoms with Gasteiger partial charge in [0.1, 0.15) is 23.9 Å². The van der Waals surface area contributed by atoms with Crippen molar-refractivity contribution >= 4 is 35.6 Å². The van der Waals surface area contributed by atoms with Crippen LogP contribution in [-0.2, 0) is 35.2 Å². The second-order valence-corrected chi connectivity index (χ2v) is 8.40. The molecule has 1 fully saturated rings. The van der Waals surface area contributed by atoms with Crippen molar-refractivity contribution in [3.05, 3.63) is 29.8 Å². The van der Waals surface area contributed by atoms with Gasteiger partial charge in [-0.05, 0) is 37.0 Å². The zero-order chi connectivity index (χ0) is 27.0. The normalized spacial score (nSPS) is 17.5. The second kappa shape index (κ2) is 12.5. The summed E-state index contributed by atoms with van der Waals surface area (Å²) in [4.78, 5) is 73.3. The van der Waals surface area contributed by atoms with Gasteiger partial charge in [-0.15, -0.1) is 0 Å². The van der Waals surface area contributed by atoms with Crippen molar-refractivity contribution in [1.82, 2.24) is 15.5 Å². The monoisotopic (exact) mass is 507 g/mol. The maximum absolute atomic E-state index is 13.0. The molecule has 0 bridgehead atoms. The molecule has 4 unspecified atom stereocenters. The van der Waals surface area contributed by atoms with E-state index in [4.69, 9.17) is 21.7 Å². The zero-order valence-corrected chi connectivity index (χ0v) is 19.3. The van der Waals surface area contributed by atoms with Crippen LogP contribution in [0.25, 0.3) is 0 Å². The maximum Gasteiger partial charge on any atom is 0.326 e. The molecule has 1 aliphatic heterocycles. The number of hydrogen-bond donors (Lipinski definition) is 7. The third kappa shape index (κ3) is 7.94. The van der Waals surface area contributed by atoms with Crippen LogP contribution in [0.1, 0.15) is 31.2 Å². The number of likely N-dealkylation sites (tertiary alicyclic amines) is 1. The SMILES string of the molecule is NC(=O)CC(NC(=O)C1CCCN1C(=O)C(N)Cc1ccc(O)cc1)C(=O)NC(CC(=O)O)C(=O)O. The topological polar surface area (TPSA) is 242 Å². The summed E-state index contributed by atoms with van der Waals surface area (Å²) in [7, 11) is 0. The fraction of sp³-hybridized carbons (Fsp3) is 0.455. The van der Waals surface area contributed by atoms with Crippen molar-refractivity contribution in [2.24, 2.45) is 11.5 Å². The molecule has 14 heteroatoms. The number of nitrogens with one attached hydrogen (secondary N) is 2. The Bertz CT molecular complexity index is 1010. The van der Waals surface area contributed by atoms with E-state index >= 15 is 0 Å². The van der Waals surface area contributed by atoms with Crippen LogP contribution < -0.4 is 22.1 Å². The molecule has 14 nitrogen and oxygen atoms in total. The number of rotatable bonds is 12. The van der Waals surface area contributed by atoms with Crippen molar-refractivity contribution in [2.45, 2.75) is 56.3 Å². The lowest BCUT2D eigenvalue weighted by molar-refractivity contribution is -0.147. The summed E-state index contributed by atoms with van der Waals surface area (Å²) in [6, 6.07) is 0.748. The number of benzene rings is 1. The Balaban J connectivity index is 2.09. The number of primary amides is 1. The van der Waals surface area contributed by atoms with E-state index in [1.54, 1.807) is 12.1 Å². The first-order valence-electron chi connectivity index (χ1n) is 11.1. The van der Waals surface area contributed by atoms with Gasteiger partial charge < -0.3 is 42.3 Å². The average Bonchev–Trinajstić information content (AvgIpc) is 3.28. The van der Waals surface area contributed by atoms with Gasteiger partial charge in [0.05, 0.1) is 18.9 Å². The zero-order valence-electron chi connectivity index (χ0n) is 19.3. The van der Waals surface area contributed by atoms with Crippen LogP contribution in [0.5, 0.6) is 5.75 Å². The molecule has 1 aromatic carbocycles. The number of nitrogens with two attached hydrogens (primary N) is 2. The van der Waals surface area contributed by atoms with Crippen LogP contribution in [0.3, 0.4) is 0 Å². The summed E-state index contributed by atoms with van der Waals surface area (Å²) in [5, 5.41) is 31.6. The molecule has 0 saturated carbocycles. The fourth-order valence-corrected chi connectivity index (χ4v) is 3.81. The number of carboxylic acids is 2. The Kier molecular flexibility index (Phi) is 9.73. The predicted molar refractivity (Wildman–Crippen MR) is 122 cm³/mol. The number of nitrogens with zero attached hydrogens (tertiary/aromatic N) is 1. The number of carbonyl (C=O) groups excluding carboxylic acids is 4. The lowest BCUT2D eigenvalue weighted by Crippen LogP contribution is -2.57. The molecular weight excluding hydrogens is 478 g/mol. The van der Waals surface area contributed by atoms with Crippen LogP contribution in [0.4, 0.5) is 0 Å². The molecule has 196 valence electrons. The Hall–Kier alpha value is -4.20. The minimum absolute atomic E-state index is 0.0575. The van der Waals surface area contributed by atoms with Gasteiger partial charge >= 0.3 is 11.9 Å². The summed E-state index contributed by atoms with van der Waals surface area (Å²) in [5.41, 5.74) is 11.9.